The Morgan fingerprint density at radius 2 is 1.71 bits per heavy atom. The summed E-state index contributed by atoms with van der Waals surface area (Å²) in [5.41, 5.74) is 0. The lowest BCUT2D eigenvalue weighted by Crippen LogP contribution is -2.48. The fourth-order valence-corrected chi connectivity index (χ4v) is 4.10. The van der Waals surface area contributed by atoms with Gasteiger partial charge < -0.3 is 5.32 Å². The van der Waals surface area contributed by atoms with E-state index in [0.29, 0.717) is 0 Å². The van der Waals surface area contributed by atoms with Gasteiger partial charge in [-0.1, -0.05) is 40.0 Å². The van der Waals surface area contributed by atoms with E-state index in [9.17, 15) is 0 Å². The first-order chi connectivity index (χ1) is 8.20. The summed E-state index contributed by atoms with van der Waals surface area (Å²) in [5.74, 6) is 2.80. The third kappa shape index (κ3) is 3.47. The second kappa shape index (κ2) is 6.22. The predicted octanol–water partition coefficient (Wildman–Crippen LogP) is 4.37. The Morgan fingerprint density at radius 1 is 0.941 bits per heavy atom. The molecule has 2 saturated carbocycles. The molecule has 0 spiro atoms. The molecule has 0 heterocycles. The van der Waals surface area contributed by atoms with Crippen LogP contribution in [0.25, 0.3) is 0 Å². The SMILES string of the molecule is CCC1CCCCC1NC1CCC(C)CC1C. The van der Waals surface area contributed by atoms with Crippen LogP contribution < -0.4 is 5.32 Å². The molecule has 0 bridgehead atoms. The summed E-state index contributed by atoms with van der Waals surface area (Å²) in [5, 5.41) is 4.03. The smallest absolute Gasteiger partial charge is 0.00979 e. The van der Waals surface area contributed by atoms with Crippen LogP contribution in [0.3, 0.4) is 0 Å². The summed E-state index contributed by atoms with van der Waals surface area (Å²) in [6.07, 6.45) is 11.5. The van der Waals surface area contributed by atoms with E-state index in [0.717, 1.165) is 29.8 Å². The Labute approximate surface area is 108 Å². The van der Waals surface area contributed by atoms with Gasteiger partial charge in [-0.15, -0.1) is 0 Å². The highest BCUT2D eigenvalue weighted by Gasteiger charge is 2.30. The highest BCUT2D eigenvalue weighted by molar-refractivity contribution is 4.87. The zero-order valence-electron chi connectivity index (χ0n) is 12.0. The first-order valence-corrected chi connectivity index (χ1v) is 7.96. The summed E-state index contributed by atoms with van der Waals surface area (Å²) in [7, 11) is 0. The lowest BCUT2D eigenvalue weighted by molar-refractivity contribution is 0.168. The van der Waals surface area contributed by atoms with Crippen LogP contribution in [-0.4, -0.2) is 12.1 Å². The second-order valence-electron chi connectivity index (χ2n) is 6.73. The van der Waals surface area contributed by atoms with Crippen LogP contribution in [0.15, 0.2) is 0 Å². The van der Waals surface area contributed by atoms with Gasteiger partial charge in [0.2, 0.25) is 0 Å². The van der Waals surface area contributed by atoms with Crippen LogP contribution in [0.2, 0.25) is 0 Å². The molecule has 5 unspecified atom stereocenters. The normalized spacial score (nSPS) is 43.6. The van der Waals surface area contributed by atoms with E-state index in [1.165, 1.54) is 51.4 Å². The van der Waals surface area contributed by atoms with Gasteiger partial charge in [0, 0.05) is 12.1 Å². The first-order valence-electron chi connectivity index (χ1n) is 7.96. The third-order valence-corrected chi connectivity index (χ3v) is 5.29. The molecule has 5 atom stereocenters. The van der Waals surface area contributed by atoms with Crippen molar-refractivity contribution in [2.75, 3.05) is 0 Å². The highest BCUT2D eigenvalue weighted by Crippen LogP contribution is 2.32. The third-order valence-electron chi connectivity index (χ3n) is 5.29. The molecule has 0 saturated heterocycles. The molecule has 0 aromatic heterocycles. The van der Waals surface area contributed by atoms with Crippen molar-refractivity contribution >= 4 is 0 Å². The maximum atomic E-state index is 4.03. The largest absolute Gasteiger partial charge is 0.311 e. The summed E-state index contributed by atoms with van der Waals surface area (Å²) in [6.45, 7) is 7.25. The fourth-order valence-electron chi connectivity index (χ4n) is 4.10. The molecule has 0 radical (unpaired) electrons. The van der Waals surface area contributed by atoms with Crippen molar-refractivity contribution in [2.24, 2.45) is 17.8 Å². The van der Waals surface area contributed by atoms with E-state index in [1.807, 2.05) is 0 Å². The maximum Gasteiger partial charge on any atom is 0.00979 e. The van der Waals surface area contributed by atoms with Crippen molar-refractivity contribution in [3.63, 3.8) is 0 Å². The highest BCUT2D eigenvalue weighted by atomic mass is 15.0. The van der Waals surface area contributed by atoms with Crippen molar-refractivity contribution in [3.05, 3.63) is 0 Å². The average molecular weight is 237 g/mol. The Kier molecular flexibility index (Phi) is 4.90. The zero-order chi connectivity index (χ0) is 12.3. The second-order valence-corrected chi connectivity index (χ2v) is 6.73. The Morgan fingerprint density at radius 3 is 2.41 bits per heavy atom. The van der Waals surface area contributed by atoms with Gasteiger partial charge in [0.1, 0.15) is 0 Å². The Hall–Kier alpha value is -0.0400. The van der Waals surface area contributed by atoms with E-state index < -0.39 is 0 Å². The van der Waals surface area contributed by atoms with E-state index in [2.05, 4.69) is 26.1 Å². The molecule has 1 heteroatoms. The van der Waals surface area contributed by atoms with Gasteiger partial charge >= 0.3 is 0 Å². The molecule has 2 aliphatic rings. The molecule has 1 N–H and O–H groups in total. The molecular weight excluding hydrogens is 206 g/mol. The van der Waals surface area contributed by atoms with Crippen molar-refractivity contribution in [2.45, 2.75) is 84.2 Å². The molecule has 2 fully saturated rings. The molecule has 17 heavy (non-hydrogen) atoms. The molecule has 0 aromatic rings. The monoisotopic (exact) mass is 237 g/mol. The van der Waals surface area contributed by atoms with Gasteiger partial charge in [0.05, 0.1) is 0 Å². The van der Waals surface area contributed by atoms with E-state index in [1.54, 1.807) is 0 Å². The number of hydrogen-bond acceptors (Lipinski definition) is 1. The van der Waals surface area contributed by atoms with Crippen molar-refractivity contribution in [3.8, 4) is 0 Å². The predicted molar refractivity (Wildman–Crippen MR) is 75.1 cm³/mol. The van der Waals surface area contributed by atoms with Gasteiger partial charge in [-0.05, 0) is 49.9 Å². The van der Waals surface area contributed by atoms with E-state index in [-0.39, 0.29) is 0 Å². The van der Waals surface area contributed by atoms with Crippen molar-refractivity contribution in [1.82, 2.24) is 5.32 Å². The van der Waals surface area contributed by atoms with Gasteiger partial charge in [-0.2, -0.15) is 0 Å². The number of nitrogens with one attached hydrogen (secondary N) is 1. The molecular formula is C16H31N. The number of rotatable bonds is 3. The zero-order valence-corrected chi connectivity index (χ0v) is 12.0. The van der Waals surface area contributed by atoms with Crippen LogP contribution in [0.5, 0.6) is 0 Å². The molecule has 100 valence electrons. The summed E-state index contributed by atoms with van der Waals surface area (Å²) in [4.78, 5) is 0. The molecule has 0 aliphatic heterocycles. The molecule has 0 amide bonds. The minimum absolute atomic E-state index is 0.809. The van der Waals surface area contributed by atoms with E-state index in [4.69, 9.17) is 0 Å². The minimum Gasteiger partial charge on any atom is -0.311 e. The quantitative estimate of drug-likeness (QED) is 0.768. The standard InChI is InChI=1S/C16H31N/c1-4-14-7-5-6-8-16(14)17-15-10-9-12(2)11-13(15)3/h12-17H,4-11H2,1-3H3. The lowest BCUT2D eigenvalue weighted by atomic mass is 9.77. The molecule has 1 nitrogen and oxygen atoms in total. The minimum atomic E-state index is 0.809. The molecule has 2 aliphatic carbocycles. The maximum absolute atomic E-state index is 4.03. The first kappa shape index (κ1) is 13.4. The van der Waals surface area contributed by atoms with Crippen molar-refractivity contribution in [1.29, 1.82) is 0 Å². The summed E-state index contributed by atoms with van der Waals surface area (Å²) < 4.78 is 0. The van der Waals surface area contributed by atoms with Gasteiger partial charge in [0.25, 0.3) is 0 Å². The molecule has 2 rings (SSSR count). The lowest BCUT2D eigenvalue weighted by Gasteiger charge is -2.40. The summed E-state index contributed by atoms with van der Waals surface area (Å²) in [6, 6.07) is 1.64. The van der Waals surface area contributed by atoms with Gasteiger partial charge in [-0.25, -0.2) is 0 Å². The molecule has 0 aromatic carbocycles. The Balaban J connectivity index is 1.86. The van der Waals surface area contributed by atoms with Crippen LogP contribution in [0.1, 0.15) is 72.1 Å². The topological polar surface area (TPSA) is 12.0 Å². The van der Waals surface area contributed by atoms with Gasteiger partial charge in [-0.3, -0.25) is 0 Å². The van der Waals surface area contributed by atoms with Crippen LogP contribution in [0, 0.1) is 17.8 Å². The van der Waals surface area contributed by atoms with Crippen LogP contribution >= 0.6 is 0 Å². The Bertz CT molecular complexity index is 226. The van der Waals surface area contributed by atoms with Crippen LogP contribution in [-0.2, 0) is 0 Å². The van der Waals surface area contributed by atoms with E-state index >= 15 is 0 Å². The summed E-state index contributed by atoms with van der Waals surface area (Å²) >= 11 is 0. The van der Waals surface area contributed by atoms with Gasteiger partial charge in [0.15, 0.2) is 0 Å². The fraction of sp³-hybridized carbons (Fsp3) is 1.00. The van der Waals surface area contributed by atoms with Crippen molar-refractivity contribution < 1.29 is 0 Å². The average Bonchev–Trinajstić information content (AvgIpc) is 2.33. The number of hydrogen-bond donors (Lipinski definition) is 1. The van der Waals surface area contributed by atoms with Crippen LogP contribution in [0.4, 0.5) is 0 Å².